The fraction of sp³-hybridized carbons (Fsp3) is 0.250. The Labute approximate surface area is 65.1 Å². The molecule has 1 aliphatic rings. The second-order valence-electron chi connectivity index (χ2n) is 2.57. The van der Waals surface area contributed by atoms with Gasteiger partial charge in [-0.05, 0) is 30.0 Å². The summed E-state index contributed by atoms with van der Waals surface area (Å²) in [5.41, 5.74) is 2.36. The normalized spacial score (nSPS) is 14.1. The van der Waals surface area contributed by atoms with Crippen molar-refractivity contribution in [2.45, 2.75) is 17.7 Å². The lowest BCUT2D eigenvalue weighted by Gasteiger charge is -2.20. The van der Waals surface area contributed by atoms with Crippen LogP contribution in [0.1, 0.15) is 11.1 Å². The molecule has 0 saturated heterocycles. The number of thiol groups is 1. The summed E-state index contributed by atoms with van der Waals surface area (Å²) in [7, 11) is 0. The molecule has 1 nitrogen and oxygen atoms in total. The third-order valence-corrected chi connectivity index (χ3v) is 2.36. The Kier molecular flexibility index (Phi) is 1.17. The molecule has 0 spiro atoms. The van der Waals surface area contributed by atoms with Gasteiger partial charge in [-0.1, -0.05) is 6.07 Å². The van der Waals surface area contributed by atoms with Crippen molar-refractivity contribution in [2.75, 3.05) is 0 Å². The number of phenols is 1. The van der Waals surface area contributed by atoms with E-state index >= 15 is 0 Å². The molecule has 0 radical (unpaired) electrons. The summed E-state index contributed by atoms with van der Waals surface area (Å²) in [5, 5.41) is 9.36. The van der Waals surface area contributed by atoms with Crippen molar-refractivity contribution in [3.8, 4) is 5.75 Å². The standard InChI is InChI=1S/C8H8OS/c9-8-6-3-1-5(6)2-4-7(8)10/h2,4,9-10H,1,3H2. The first-order chi connectivity index (χ1) is 4.79. The molecule has 1 N–H and O–H groups in total. The van der Waals surface area contributed by atoms with E-state index in [2.05, 4.69) is 12.6 Å². The number of rotatable bonds is 0. The summed E-state index contributed by atoms with van der Waals surface area (Å²) in [6, 6.07) is 3.87. The van der Waals surface area contributed by atoms with Crippen LogP contribution in [0.3, 0.4) is 0 Å². The molecule has 0 unspecified atom stereocenters. The number of hydrogen-bond acceptors (Lipinski definition) is 2. The summed E-state index contributed by atoms with van der Waals surface area (Å²) in [4.78, 5) is 0.693. The van der Waals surface area contributed by atoms with Crippen molar-refractivity contribution < 1.29 is 5.11 Å². The van der Waals surface area contributed by atoms with Gasteiger partial charge >= 0.3 is 0 Å². The van der Waals surface area contributed by atoms with Gasteiger partial charge in [-0.15, -0.1) is 12.6 Å². The highest BCUT2D eigenvalue weighted by Crippen LogP contribution is 2.35. The fourth-order valence-electron chi connectivity index (χ4n) is 1.26. The molecule has 2 heteroatoms. The molecule has 0 fully saturated rings. The van der Waals surface area contributed by atoms with Crippen molar-refractivity contribution in [1.82, 2.24) is 0 Å². The van der Waals surface area contributed by atoms with Gasteiger partial charge in [-0.25, -0.2) is 0 Å². The average molecular weight is 152 g/mol. The zero-order chi connectivity index (χ0) is 7.14. The van der Waals surface area contributed by atoms with Gasteiger partial charge in [0, 0.05) is 4.90 Å². The average Bonchev–Trinajstić information content (AvgIpc) is 1.82. The maximum Gasteiger partial charge on any atom is 0.132 e. The van der Waals surface area contributed by atoms with Gasteiger partial charge in [0.2, 0.25) is 0 Å². The number of phenolic OH excluding ortho intramolecular Hbond substituents is 1. The molecule has 2 rings (SSSR count). The number of aryl methyl sites for hydroxylation is 1. The van der Waals surface area contributed by atoms with Crippen molar-refractivity contribution >= 4 is 12.6 Å². The molecule has 52 valence electrons. The third-order valence-electron chi connectivity index (χ3n) is 2.00. The van der Waals surface area contributed by atoms with Crippen LogP contribution >= 0.6 is 12.6 Å². The molecule has 10 heavy (non-hydrogen) atoms. The predicted molar refractivity (Wildman–Crippen MR) is 42.8 cm³/mol. The lowest BCUT2D eigenvalue weighted by Crippen LogP contribution is -2.07. The van der Waals surface area contributed by atoms with Crippen LogP contribution in [0.5, 0.6) is 5.75 Å². The first-order valence-electron chi connectivity index (χ1n) is 3.32. The van der Waals surface area contributed by atoms with Gasteiger partial charge < -0.3 is 5.11 Å². The van der Waals surface area contributed by atoms with Crippen molar-refractivity contribution in [3.05, 3.63) is 23.3 Å². The number of hydrogen-bond donors (Lipinski definition) is 2. The van der Waals surface area contributed by atoms with E-state index in [0.29, 0.717) is 10.6 Å². The minimum Gasteiger partial charge on any atom is -0.506 e. The molecule has 1 aromatic rings. The largest absolute Gasteiger partial charge is 0.506 e. The van der Waals surface area contributed by atoms with E-state index in [1.165, 1.54) is 5.56 Å². The Bertz CT molecular complexity index is 266. The molecule has 0 heterocycles. The van der Waals surface area contributed by atoms with Crippen LogP contribution in [-0.4, -0.2) is 5.11 Å². The summed E-state index contributed by atoms with van der Waals surface area (Å²) in [6.07, 6.45) is 2.12. The molecule has 1 aromatic carbocycles. The topological polar surface area (TPSA) is 20.2 Å². The fourth-order valence-corrected chi connectivity index (χ4v) is 1.47. The number of aromatic hydroxyl groups is 1. The lowest BCUT2D eigenvalue weighted by molar-refractivity contribution is 0.448. The van der Waals surface area contributed by atoms with E-state index < -0.39 is 0 Å². The van der Waals surface area contributed by atoms with E-state index in [4.69, 9.17) is 0 Å². The Balaban J connectivity index is 2.66. The monoisotopic (exact) mass is 152 g/mol. The summed E-state index contributed by atoms with van der Waals surface area (Å²) < 4.78 is 0. The molecular formula is C8H8OS. The molecule has 0 aromatic heterocycles. The van der Waals surface area contributed by atoms with Crippen LogP contribution in [0.2, 0.25) is 0 Å². The molecule has 1 aliphatic carbocycles. The SMILES string of the molecule is Oc1c(S)ccc2c1CC2. The third kappa shape index (κ3) is 0.655. The van der Waals surface area contributed by atoms with E-state index in [0.717, 1.165) is 18.4 Å². The van der Waals surface area contributed by atoms with Crippen molar-refractivity contribution in [3.63, 3.8) is 0 Å². The molecule has 0 bridgehead atoms. The van der Waals surface area contributed by atoms with Crippen LogP contribution in [0.15, 0.2) is 17.0 Å². The molecule has 0 atom stereocenters. The number of fused-ring (bicyclic) bond motifs is 1. The van der Waals surface area contributed by atoms with E-state index in [1.54, 1.807) is 0 Å². The summed E-state index contributed by atoms with van der Waals surface area (Å²) in [5.74, 6) is 0.382. The van der Waals surface area contributed by atoms with Gasteiger partial charge in [-0.3, -0.25) is 0 Å². The quantitative estimate of drug-likeness (QED) is 0.543. The minimum absolute atomic E-state index is 0.382. The van der Waals surface area contributed by atoms with Crippen LogP contribution in [0.4, 0.5) is 0 Å². The van der Waals surface area contributed by atoms with E-state index in [1.807, 2.05) is 12.1 Å². The first-order valence-corrected chi connectivity index (χ1v) is 3.76. The second kappa shape index (κ2) is 1.92. The minimum atomic E-state index is 0.382. The Morgan fingerprint density at radius 1 is 1.30 bits per heavy atom. The number of benzene rings is 1. The molecule has 0 amide bonds. The van der Waals surface area contributed by atoms with Gasteiger partial charge in [0.15, 0.2) is 0 Å². The van der Waals surface area contributed by atoms with Gasteiger partial charge in [0.25, 0.3) is 0 Å². The van der Waals surface area contributed by atoms with E-state index in [9.17, 15) is 5.11 Å². The lowest BCUT2D eigenvalue weighted by atomic mass is 9.88. The highest BCUT2D eigenvalue weighted by molar-refractivity contribution is 7.80. The Morgan fingerprint density at radius 3 is 2.60 bits per heavy atom. The predicted octanol–water partition coefficient (Wildman–Crippen LogP) is 1.78. The van der Waals surface area contributed by atoms with Crippen LogP contribution in [0.25, 0.3) is 0 Å². The maximum absolute atomic E-state index is 9.36. The van der Waals surface area contributed by atoms with Gasteiger partial charge in [-0.2, -0.15) is 0 Å². The van der Waals surface area contributed by atoms with E-state index in [-0.39, 0.29) is 0 Å². The van der Waals surface area contributed by atoms with Gasteiger partial charge in [0.05, 0.1) is 0 Å². The smallest absolute Gasteiger partial charge is 0.132 e. The van der Waals surface area contributed by atoms with Crippen LogP contribution in [-0.2, 0) is 12.8 Å². The van der Waals surface area contributed by atoms with Crippen LogP contribution in [0, 0.1) is 0 Å². The zero-order valence-electron chi connectivity index (χ0n) is 5.46. The highest BCUT2D eigenvalue weighted by atomic mass is 32.1. The second-order valence-corrected chi connectivity index (χ2v) is 3.05. The highest BCUT2D eigenvalue weighted by Gasteiger charge is 2.17. The van der Waals surface area contributed by atoms with Crippen molar-refractivity contribution in [2.24, 2.45) is 0 Å². The zero-order valence-corrected chi connectivity index (χ0v) is 6.36. The first kappa shape index (κ1) is 6.10. The molecule has 0 saturated carbocycles. The molecule has 0 aliphatic heterocycles. The molecular weight excluding hydrogens is 144 g/mol. The Hall–Kier alpha value is -0.630. The summed E-state index contributed by atoms with van der Waals surface area (Å²) >= 11 is 4.10. The van der Waals surface area contributed by atoms with Crippen LogP contribution < -0.4 is 0 Å². The summed E-state index contributed by atoms with van der Waals surface area (Å²) in [6.45, 7) is 0. The van der Waals surface area contributed by atoms with Gasteiger partial charge in [0.1, 0.15) is 5.75 Å². The van der Waals surface area contributed by atoms with Crippen molar-refractivity contribution in [1.29, 1.82) is 0 Å². The maximum atomic E-state index is 9.36. The Morgan fingerprint density at radius 2 is 2.10 bits per heavy atom.